The van der Waals surface area contributed by atoms with E-state index in [1.807, 2.05) is 30.3 Å². The molecule has 0 aliphatic heterocycles. The smallest absolute Gasteiger partial charge is 0.267 e. The van der Waals surface area contributed by atoms with Gasteiger partial charge < -0.3 is 11.1 Å². The molecule has 1 amide bonds. The summed E-state index contributed by atoms with van der Waals surface area (Å²) in [5.74, 6) is -0.927. The van der Waals surface area contributed by atoms with Crippen molar-refractivity contribution < 1.29 is 9.18 Å². The average Bonchev–Trinajstić information content (AvgIpc) is 2.92. The molecule has 4 nitrogen and oxygen atoms in total. The summed E-state index contributed by atoms with van der Waals surface area (Å²) in [6, 6.07) is 13.6. The molecule has 2 aromatic carbocycles. The second-order valence-corrected chi connectivity index (χ2v) is 6.87. The van der Waals surface area contributed by atoms with Gasteiger partial charge in [0.1, 0.15) is 15.5 Å². The van der Waals surface area contributed by atoms with E-state index in [0.717, 1.165) is 16.3 Å². The Kier molecular flexibility index (Phi) is 3.78. The summed E-state index contributed by atoms with van der Waals surface area (Å²) in [5.41, 5.74) is 7.78. The number of fused-ring (bicyclic) bond motifs is 2. The van der Waals surface area contributed by atoms with Crippen molar-refractivity contribution in [2.24, 2.45) is 0 Å². The number of halogens is 2. The summed E-state index contributed by atoms with van der Waals surface area (Å²) in [6.45, 7) is 0. The number of nitrogens with zero attached hydrogens (tertiary/aromatic N) is 1. The van der Waals surface area contributed by atoms with Gasteiger partial charge in [-0.3, -0.25) is 4.79 Å². The second kappa shape index (κ2) is 5.98. The molecule has 0 saturated carbocycles. The van der Waals surface area contributed by atoms with Gasteiger partial charge in [-0.05, 0) is 30.3 Å². The predicted octanol–water partition coefficient (Wildman–Crippen LogP) is 5.08. The Morgan fingerprint density at radius 1 is 1.20 bits per heavy atom. The van der Waals surface area contributed by atoms with E-state index in [9.17, 15) is 9.18 Å². The number of anilines is 2. The van der Waals surface area contributed by atoms with Crippen molar-refractivity contribution in [1.29, 1.82) is 0 Å². The van der Waals surface area contributed by atoms with Crippen LogP contribution in [0.1, 0.15) is 9.67 Å². The highest BCUT2D eigenvalue weighted by atomic mass is 35.5. The lowest BCUT2D eigenvalue weighted by Gasteiger charge is -2.05. The van der Waals surface area contributed by atoms with E-state index in [1.54, 1.807) is 0 Å². The zero-order chi connectivity index (χ0) is 17.6. The van der Waals surface area contributed by atoms with Crippen molar-refractivity contribution in [1.82, 2.24) is 4.98 Å². The summed E-state index contributed by atoms with van der Waals surface area (Å²) >= 11 is 6.96. The Balaban J connectivity index is 1.74. The second-order valence-electron chi connectivity index (χ2n) is 5.46. The van der Waals surface area contributed by atoms with E-state index >= 15 is 0 Å². The van der Waals surface area contributed by atoms with Gasteiger partial charge in [0.2, 0.25) is 0 Å². The molecular weight excluding hydrogens is 361 g/mol. The molecule has 4 aromatic rings. The Bertz CT molecular complexity index is 1140. The summed E-state index contributed by atoms with van der Waals surface area (Å²) in [5, 5.41) is 4.32. The number of carbonyl (C=O) groups is 1. The molecule has 0 radical (unpaired) electrons. The first kappa shape index (κ1) is 15.8. The van der Waals surface area contributed by atoms with Gasteiger partial charge in [-0.25, -0.2) is 9.37 Å². The number of nitrogens with one attached hydrogen (secondary N) is 1. The largest absolute Gasteiger partial charge is 0.397 e. The lowest BCUT2D eigenvalue weighted by molar-refractivity contribution is 0.103. The van der Waals surface area contributed by atoms with E-state index in [4.69, 9.17) is 17.3 Å². The molecule has 0 spiro atoms. The molecule has 0 aliphatic rings. The third-order valence-electron chi connectivity index (χ3n) is 3.81. The highest BCUT2D eigenvalue weighted by Gasteiger charge is 2.18. The van der Waals surface area contributed by atoms with E-state index in [2.05, 4.69) is 10.3 Å². The van der Waals surface area contributed by atoms with Crippen LogP contribution in [0.2, 0.25) is 5.02 Å². The van der Waals surface area contributed by atoms with Crippen LogP contribution in [-0.2, 0) is 0 Å². The number of nitrogens with two attached hydrogens (primary N) is 1. The van der Waals surface area contributed by atoms with Crippen molar-refractivity contribution in [2.45, 2.75) is 0 Å². The van der Waals surface area contributed by atoms with Crippen molar-refractivity contribution in [3.8, 4) is 0 Å². The summed E-state index contributed by atoms with van der Waals surface area (Å²) in [4.78, 5) is 18.2. The third kappa shape index (κ3) is 2.79. The SMILES string of the molecule is Nc1c(C(=O)Nc2ccc(F)c(Cl)c2)sc2nc3ccccc3cc12. The normalized spacial score (nSPS) is 11.1. The Morgan fingerprint density at radius 2 is 2.00 bits per heavy atom. The fourth-order valence-corrected chi connectivity index (χ4v) is 3.73. The van der Waals surface area contributed by atoms with Crippen LogP contribution < -0.4 is 11.1 Å². The first-order valence-electron chi connectivity index (χ1n) is 7.37. The van der Waals surface area contributed by atoms with Gasteiger partial charge >= 0.3 is 0 Å². The standard InChI is InChI=1S/C18H11ClFN3OS/c19-12-8-10(5-6-13(12)20)22-17(24)16-15(21)11-7-9-3-1-2-4-14(9)23-18(11)25-16/h1-8H,21H2,(H,22,24). The molecule has 0 saturated heterocycles. The molecule has 0 aliphatic carbocycles. The maximum Gasteiger partial charge on any atom is 0.267 e. The van der Waals surface area contributed by atoms with Crippen LogP contribution in [-0.4, -0.2) is 10.9 Å². The maximum absolute atomic E-state index is 13.2. The van der Waals surface area contributed by atoms with Crippen LogP contribution in [0, 0.1) is 5.82 Å². The van der Waals surface area contributed by atoms with Crippen LogP contribution >= 0.6 is 22.9 Å². The lowest BCUT2D eigenvalue weighted by atomic mass is 10.1. The first-order chi connectivity index (χ1) is 12.0. The van der Waals surface area contributed by atoms with Gasteiger partial charge in [0.15, 0.2) is 0 Å². The summed E-state index contributed by atoms with van der Waals surface area (Å²) in [7, 11) is 0. The molecule has 25 heavy (non-hydrogen) atoms. The summed E-state index contributed by atoms with van der Waals surface area (Å²) < 4.78 is 13.2. The maximum atomic E-state index is 13.2. The van der Waals surface area contributed by atoms with Crippen LogP contribution in [0.5, 0.6) is 0 Å². The summed E-state index contributed by atoms with van der Waals surface area (Å²) in [6.07, 6.45) is 0. The number of para-hydroxylation sites is 1. The van der Waals surface area contributed by atoms with E-state index in [1.165, 1.54) is 29.5 Å². The lowest BCUT2D eigenvalue weighted by Crippen LogP contribution is -2.12. The molecular formula is C18H11ClFN3OS. The zero-order valence-corrected chi connectivity index (χ0v) is 14.3. The molecule has 0 fully saturated rings. The molecule has 4 rings (SSSR count). The van der Waals surface area contributed by atoms with E-state index < -0.39 is 5.82 Å². The van der Waals surface area contributed by atoms with Gasteiger partial charge in [0.25, 0.3) is 5.91 Å². The Labute approximate surface area is 151 Å². The van der Waals surface area contributed by atoms with Crippen molar-refractivity contribution in [2.75, 3.05) is 11.1 Å². The van der Waals surface area contributed by atoms with Crippen LogP contribution in [0.15, 0.2) is 48.5 Å². The first-order valence-corrected chi connectivity index (χ1v) is 8.56. The fraction of sp³-hybridized carbons (Fsp3) is 0. The van der Waals surface area contributed by atoms with Crippen molar-refractivity contribution in [3.05, 3.63) is 64.2 Å². The third-order valence-corrected chi connectivity index (χ3v) is 5.21. The quantitative estimate of drug-likeness (QED) is 0.516. The van der Waals surface area contributed by atoms with Gasteiger partial charge in [0.05, 0.1) is 16.2 Å². The fourth-order valence-electron chi connectivity index (χ4n) is 2.57. The minimum atomic E-state index is -0.545. The van der Waals surface area contributed by atoms with Crippen LogP contribution in [0.25, 0.3) is 21.1 Å². The number of amides is 1. The molecule has 2 heterocycles. The molecule has 124 valence electrons. The molecule has 0 atom stereocenters. The Morgan fingerprint density at radius 3 is 2.80 bits per heavy atom. The number of hydrogen-bond acceptors (Lipinski definition) is 4. The van der Waals surface area contributed by atoms with Gasteiger partial charge in [-0.15, -0.1) is 11.3 Å². The molecule has 0 unspecified atom stereocenters. The number of benzene rings is 2. The number of thiophene rings is 1. The number of pyridine rings is 1. The van der Waals surface area contributed by atoms with Gasteiger partial charge in [-0.1, -0.05) is 29.8 Å². The minimum absolute atomic E-state index is 0.0602. The molecule has 0 bridgehead atoms. The minimum Gasteiger partial charge on any atom is -0.397 e. The van der Waals surface area contributed by atoms with Crippen LogP contribution in [0.4, 0.5) is 15.8 Å². The van der Waals surface area contributed by atoms with Crippen LogP contribution in [0.3, 0.4) is 0 Å². The molecule has 7 heteroatoms. The van der Waals surface area contributed by atoms with Crippen molar-refractivity contribution in [3.63, 3.8) is 0 Å². The number of aromatic nitrogens is 1. The highest BCUT2D eigenvalue weighted by Crippen LogP contribution is 2.35. The number of nitrogen functional groups attached to an aromatic ring is 1. The molecule has 2 aromatic heterocycles. The predicted molar refractivity (Wildman–Crippen MR) is 101 cm³/mol. The Hall–Kier alpha value is -2.70. The molecule has 3 N–H and O–H groups in total. The van der Waals surface area contributed by atoms with E-state index in [0.29, 0.717) is 21.1 Å². The van der Waals surface area contributed by atoms with Gasteiger partial charge in [-0.2, -0.15) is 0 Å². The topological polar surface area (TPSA) is 68.0 Å². The number of carbonyl (C=O) groups excluding carboxylic acids is 1. The number of hydrogen-bond donors (Lipinski definition) is 2. The number of rotatable bonds is 2. The van der Waals surface area contributed by atoms with Gasteiger partial charge in [0, 0.05) is 16.5 Å². The highest BCUT2D eigenvalue weighted by molar-refractivity contribution is 7.21. The van der Waals surface area contributed by atoms with E-state index in [-0.39, 0.29) is 10.9 Å². The monoisotopic (exact) mass is 371 g/mol. The zero-order valence-electron chi connectivity index (χ0n) is 12.7. The van der Waals surface area contributed by atoms with Crippen molar-refractivity contribution >= 4 is 61.3 Å². The average molecular weight is 372 g/mol.